The van der Waals surface area contributed by atoms with Crippen LogP contribution in [0.15, 0.2) is 22.1 Å². The van der Waals surface area contributed by atoms with E-state index in [4.69, 9.17) is 4.74 Å². The van der Waals surface area contributed by atoms with E-state index in [-0.39, 0.29) is 5.56 Å². The molecule has 0 spiro atoms. The standard InChI is InChI=1S/C16H18N4O5/c1-7-3-8-4-20(15-16(2,24)11(22)9(5-21)25-15)13-10(8)12(17-6-18-13)19-14(7)23/h3-4,6,9,11,15,21-22,24H,5H2,1-2H3,(H,17,18,19,23)/t9-,11-,15-,16-/m1/s1. The van der Waals surface area contributed by atoms with Gasteiger partial charge < -0.3 is 29.9 Å². The van der Waals surface area contributed by atoms with Crippen molar-refractivity contribution in [3.8, 4) is 0 Å². The summed E-state index contributed by atoms with van der Waals surface area (Å²) in [4.78, 5) is 20.3. The van der Waals surface area contributed by atoms with Gasteiger partial charge in [0.2, 0.25) is 0 Å². The fourth-order valence-electron chi connectivity index (χ4n) is 3.39. The van der Waals surface area contributed by atoms with Gasteiger partial charge in [-0.25, -0.2) is 4.99 Å². The summed E-state index contributed by atoms with van der Waals surface area (Å²) >= 11 is 0. The van der Waals surface area contributed by atoms with Gasteiger partial charge in [0.1, 0.15) is 29.4 Å². The number of ether oxygens (including phenoxy) is 1. The number of anilines is 1. The van der Waals surface area contributed by atoms with Crippen LogP contribution in [-0.2, 0) is 4.74 Å². The number of nitrogens with zero attached hydrogens (tertiary/aromatic N) is 3. The Hall–Kier alpha value is -2.33. The molecule has 0 unspecified atom stereocenters. The highest BCUT2D eigenvalue weighted by molar-refractivity contribution is 6.06. The molecule has 132 valence electrons. The number of hydrogen-bond acceptors (Lipinski definition) is 8. The fraction of sp³-hybridized carbons (Fsp3) is 0.438. The molecule has 0 aliphatic carbocycles. The normalized spacial score (nSPS) is 30.7. The molecule has 9 heteroatoms. The lowest BCUT2D eigenvalue weighted by Gasteiger charge is -2.28. The molecule has 4 heterocycles. The Labute approximate surface area is 142 Å². The van der Waals surface area contributed by atoms with Gasteiger partial charge in [-0.1, -0.05) is 0 Å². The van der Waals surface area contributed by atoms with Crippen LogP contribution in [0.5, 0.6) is 0 Å². The first-order chi connectivity index (χ1) is 11.8. The molecule has 1 fully saturated rings. The van der Waals surface area contributed by atoms with Crippen LogP contribution >= 0.6 is 0 Å². The molecule has 2 aromatic heterocycles. The molecule has 0 radical (unpaired) electrons. The number of aromatic nitrogens is 2. The summed E-state index contributed by atoms with van der Waals surface area (Å²) in [6.45, 7) is 2.69. The van der Waals surface area contributed by atoms with Gasteiger partial charge >= 0.3 is 0 Å². The van der Waals surface area contributed by atoms with Crippen LogP contribution < -0.4 is 10.9 Å². The van der Waals surface area contributed by atoms with E-state index >= 15 is 0 Å². The molecular weight excluding hydrogens is 328 g/mol. The number of aliphatic hydroxyl groups is 3. The van der Waals surface area contributed by atoms with Crippen LogP contribution in [0, 0.1) is 6.92 Å². The zero-order chi connectivity index (χ0) is 17.9. The predicted molar refractivity (Wildman–Crippen MR) is 90.1 cm³/mol. The van der Waals surface area contributed by atoms with Gasteiger partial charge in [0.05, 0.1) is 18.3 Å². The van der Waals surface area contributed by atoms with E-state index < -0.39 is 30.6 Å². The zero-order valence-electron chi connectivity index (χ0n) is 13.7. The molecule has 2 aliphatic heterocycles. The minimum Gasteiger partial charge on any atom is -0.394 e. The van der Waals surface area contributed by atoms with Crippen molar-refractivity contribution < 1.29 is 20.1 Å². The molecule has 4 N–H and O–H groups in total. The highest BCUT2D eigenvalue weighted by atomic mass is 16.6. The van der Waals surface area contributed by atoms with E-state index in [1.54, 1.807) is 23.8 Å². The average Bonchev–Trinajstić information content (AvgIpc) is 2.99. The Balaban J connectivity index is 1.97. The van der Waals surface area contributed by atoms with Crippen molar-refractivity contribution in [2.75, 3.05) is 11.9 Å². The third-order valence-electron chi connectivity index (χ3n) is 4.77. The van der Waals surface area contributed by atoms with Crippen molar-refractivity contribution in [3.05, 3.63) is 28.2 Å². The molecule has 0 bridgehead atoms. The van der Waals surface area contributed by atoms with Gasteiger partial charge in [-0.2, -0.15) is 4.98 Å². The van der Waals surface area contributed by atoms with Gasteiger partial charge in [0.15, 0.2) is 6.23 Å². The largest absolute Gasteiger partial charge is 0.394 e. The predicted octanol–water partition coefficient (Wildman–Crippen LogP) is -0.208. The summed E-state index contributed by atoms with van der Waals surface area (Å²) in [6, 6.07) is 1.69. The molecule has 2 aromatic rings. The van der Waals surface area contributed by atoms with E-state index in [1.807, 2.05) is 0 Å². The van der Waals surface area contributed by atoms with Gasteiger partial charge in [0.25, 0.3) is 5.56 Å². The highest BCUT2D eigenvalue weighted by Gasteiger charge is 2.53. The first-order valence-corrected chi connectivity index (χ1v) is 7.87. The monoisotopic (exact) mass is 346 g/mol. The molecular formula is C16H18N4O5. The minimum atomic E-state index is -1.63. The number of nitrogens with one attached hydrogen (secondary N) is 1. The van der Waals surface area contributed by atoms with Gasteiger partial charge in [-0.15, -0.1) is 0 Å². The molecule has 1 saturated heterocycles. The number of aryl methyl sites for hydroxylation is 1. The molecule has 2 aliphatic rings. The van der Waals surface area contributed by atoms with Gasteiger partial charge in [-0.3, -0.25) is 4.79 Å². The Morgan fingerprint density at radius 1 is 1.48 bits per heavy atom. The van der Waals surface area contributed by atoms with Crippen molar-refractivity contribution in [1.29, 1.82) is 0 Å². The van der Waals surface area contributed by atoms with Crippen LogP contribution in [0.25, 0.3) is 10.8 Å². The molecule has 0 saturated carbocycles. The summed E-state index contributed by atoms with van der Waals surface area (Å²) in [5, 5.41) is 34.5. The first kappa shape index (κ1) is 16.2. The molecule has 9 nitrogen and oxygen atoms in total. The first-order valence-electron chi connectivity index (χ1n) is 7.87. The van der Waals surface area contributed by atoms with Gasteiger partial charge in [0, 0.05) is 17.1 Å². The second-order valence-corrected chi connectivity index (χ2v) is 6.57. The van der Waals surface area contributed by atoms with Crippen LogP contribution in [0.2, 0.25) is 0 Å². The van der Waals surface area contributed by atoms with E-state index in [9.17, 15) is 20.1 Å². The lowest BCUT2D eigenvalue weighted by molar-refractivity contribution is -0.0955. The Morgan fingerprint density at radius 2 is 2.24 bits per heavy atom. The number of aliphatic hydroxyl groups excluding tert-OH is 2. The number of aliphatic imine (C=N–C) groups is 1. The topological polar surface area (TPSA) is 129 Å². The third kappa shape index (κ3) is 2.20. The summed E-state index contributed by atoms with van der Waals surface area (Å²) < 4.78 is 7.27. The fourth-order valence-corrected chi connectivity index (χ4v) is 3.39. The average molecular weight is 346 g/mol. The quantitative estimate of drug-likeness (QED) is 0.592. The smallest absolute Gasteiger partial charge is 0.274 e. The maximum absolute atomic E-state index is 12.0. The van der Waals surface area contributed by atoms with Crippen molar-refractivity contribution in [3.63, 3.8) is 0 Å². The van der Waals surface area contributed by atoms with Crippen molar-refractivity contribution >= 4 is 28.7 Å². The summed E-state index contributed by atoms with van der Waals surface area (Å²) in [6.07, 6.45) is -0.0267. The Kier molecular flexibility index (Phi) is 3.45. The molecule has 4 atom stereocenters. The van der Waals surface area contributed by atoms with Crippen molar-refractivity contribution in [1.82, 2.24) is 9.55 Å². The number of rotatable bonds is 2. The van der Waals surface area contributed by atoms with Crippen molar-refractivity contribution in [2.24, 2.45) is 4.99 Å². The van der Waals surface area contributed by atoms with E-state index in [0.717, 1.165) is 0 Å². The molecule has 25 heavy (non-hydrogen) atoms. The number of hydrogen-bond donors (Lipinski definition) is 4. The van der Waals surface area contributed by atoms with Crippen LogP contribution in [0.3, 0.4) is 0 Å². The van der Waals surface area contributed by atoms with E-state index in [0.29, 0.717) is 28.0 Å². The highest BCUT2D eigenvalue weighted by Crippen LogP contribution is 2.44. The SMILES string of the molecule is Cc1cc2cn([C@@H]3O[C@H](CO)[C@@H](O)[C@@]3(C)O)c3c2c(nc1=O)NC=N3. The molecule has 4 rings (SSSR count). The Bertz CT molecular complexity index is 952. The molecule has 0 aromatic carbocycles. The van der Waals surface area contributed by atoms with Crippen LogP contribution in [0.1, 0.15) is 18.7 Å². The Morgan fingerprint density at radius 3 is 2.92 bits per heavy atom. The van der Waals surface area contributed by atoms with Crippen LogP contribution in [-0.4, -0.2) is 55.6 Å². The summed E-state index contributed by atoms with van der Waals surface area (Å²) in [5.41, 5.74) is -1.50. The van der Waals surface area contributed by atoms with E-state index in [2.05, 4.69) is 15.3 Å². The third-order valence-corrected chi connectivity index (χ3v) is 4.77. The maximum Gasteiger partial charge on any atom is 0.274 e. The second-order valence-electron chi connectivity index (χ2n) is 6.57. The maximum atomic E-state index is 12.0. The van der Waals surface area contributed by atoms with Crippen molar-refractivity contribution in [2.45, 2.75) is 37.9 Å². The zero-order valence-corrected chi connectivity index (χ0v) is 13.7. The minimum absolute atomic E-state index is 0.341. The van der Waals surface area contributed by atoms with E-state index in [1.165, 1.54) is 13.3 Å². The molecule has 0 amide bonds. The summed E-state index contributed by atoms with van der Waals surface area (Å²) in [5.74, 6) is 0.816. The summed E-state index contributed by atoms with van der Waals surface area (Å²) in [7, 11) is 0. The second kappa shape index (κ2) is 5.33. The van der Waals surface area contributed by atoms with Crippen LogP contribution in [0.4, 0.5) is 11.6 Å². The lowest BCUT2D eigenvalue weighted by Crippen LogP contribution is -2.44. The van der Waals surface area contributed by atoms with Gasteiger partial charge in [-0.05, 0) is 19.9 Å². The lowest BCUT2D eigenvalue weighted by atomic mass is 9.96.